The number of hydrogen-bond donors (Lipinski definition) is 2. The first-order valence-electron chi connectivity index (χ1n) is 7.44. The molecule has 2 heterocycles. The number of amidine groups is 1. The standard InChI is InChI=1S/C16H12N2O7S/c19-11-6-13-12(24-8-25-13)5-9(11)16(20)23-7-15-17-10-3-1-2-4-14(10)26(21,22)18-15/h1-6,19H,7-8H2,(H,17,18). The second kappa shape index (κ2) is 5.92. The number of carbonyl (C=O) groups excluding carboxylic acids is 1. The van der Waals surface area contributed by atoms with Crippen LogP contribution in [0.3, 0.4) is 0 Å². The maximum atomic E-state index is 12.2. The molecule has 0 unspecified atom stereocenters. The van der Waals surface area contributed by atoms with Gasteiger partial charge in [0.2, 0.25) is 6.79 Å². The molecule has 0 saturated carbocycles. The quantitative estimate of drug-likeness (QED) is 0.772. The molecule has 0 fully saturated rings. The smallest absolute Gasteiger partial charge is 0.342 e. The molecule has 0 amide bonds. The number of phenolic OH excluding ortho intramolecular Hbond substituents is 1. The molecule has 0 bridgehead atoms. The molecule has 9 nitrogen and oxygen atoms in total. The van der Waals surface area contributed by atoms with Crippen LogP contribution in [0.25, 0.3) is 0 Å². The summed E-state index contributed by atoms with van der Waals surface area (Å²) in [7, 11) is -3.87. The van der Waals surface area contributed by atoms with Crippen LogP contribution in [0.1, 0.15) is 10.4 Å². The zero-order valence-electron chi connectivity index (χ0n) is 13.1. The normalized spacial score (nSPS) is 16.2. The van der Waals surface area contributed by atoms with E-state index in [4.69, 9.17) is 14.2 Å². The van der Waals surface area contributed by atoms with Gasteiger partial charge in [0, 0.05) is 12.1 Å². The van der Waals surface area contributed by atoms with Crippen molar-refractivity contribution in [2.75, 3.05) is 18.7 Å². The first-order chi connectivity index (χ1) is 12.4. The van der Waals surface area contributed by atoms with Crippen molar-refractivity contribution in [3.8, 4) is 17.2 Å². The van der Waals surface area contributed by atoms with Gasteiger partial charge in [-0.1, -0.05) is 12.1 Å². The minimum Gasteiger partial charge on any atom is -0.507 e. The lowest BCUT2D eigenvalue weighted by Crippen LogP contribution is -2.27. The van der Waals surface area contributed by atoms with E-state index in [1.165, 1.54) is 18.2 Å². The number of esters is 1. The molecule has 0 radical (unpaired) electrons. The van der Waals surface area contributed by atoms with Crippen LogP contribution in [0.15, 0.2) is 45.7 Å². The van der Waals surface area contributed by atoms with Gasteiger partial charge >= 0.3 is 5.97 Å². The average molecular weight is 376 g/mol. The van der Waals surface area contributed by atoms with E-state index >= 15 is 0 Å². The number of carbonyl (C=O) groups is 1. The summed E-state index contributed by atoms with van der Waals surface area (Å²) < 4.78 is 43.2. The Morgan fingerprint density at radius 2 is 1.96 bits per heavy atom. The number of sulfonamides is 1. The van der Waals surface area contributed by atoms with Crippen molar-refractivity contribution >= 4 is 27.5 Å². The van der Waals surface area contributed by atoms with Crippen molar-refractivity contribution in [2.24, 2.45) is 4.40 Å². The van der Waals surface area contributed by atoms with E-state index in [9.17, 15) is 18.3 Å². The van der Waals surface area contributed by atoms with E-state index in [0.717, 1.165) is 0 Å². The largest absolute Gasteiger partial charge is 0.507 e. The molecule has 2 aliphatic rings. The van der Waals surface area contributed by atoms with Gasteiger partial charge in [-0.15, -0.1) is 4.40 Å². The summed E-state index contributed by atoms with van der Waals surface area (Å²) in [5, 5.41) is 12.7. The van der Waals surface area contributed by atoms with Crippen LogP contribution in [-0.4, -0.2) is 38.7 Å². The first-order valence-corrected chi connectivity index (χ1v) is 8.88. The van der Waals surface area contributed by atoms with Crippen molar-refractivity contribution < 1.29 is 32.5 Å². The molecule has 0 atom stereocenters. The number of phenols is 1. The zero-order valence-corrected chi connectivity index (χ0v) is 13.9. The molecule has 0 saturated heterocycles. The number of anilines is 1. The topological polar surface area (TPSA) is 124 Å². The lowest BCUT2D eigenvalue weighted by molar-refractivity contribution is 0.0559. The van der Waals surface area contributed by atoms with Gasteiger partial charge in [-0.05, 0) is 12.1 Å². The van der Waals surface area contributed by atoms with E-state index in [1.54, 1.807) is 18.2 Å². The third kappa shape index (κ3) is 2.80. The second-order valence-electron chi connectivity index (χ2n) is 5.43. The second-order valence-corrected chi connectivity index (χ2v) is 7.01. The monoisotopic (exact) mass is 376 g/mol. The molecular weight excluding hydrogens is 364 g/mol. The molecule has 4 rings (SSSR count). The summed E-state index contributed by atoms with van der Waals surface area (Å²) in [6.07, 6.45) is 0. The summed E-state index contributed by atoms with van der Waals surface area (Å²) >= 11 is 0. The lowest BCUT2D eigenvalue weighted by atomic mass is 10.2. The molecule has 2 aromatic carbocycles. The Balaban J connectivity index is 1.52. The Morgan fingerprint density at radius 1 is 1.23 bits per heavy atom. The number of nitrogens with zero attached hydrogens (tertiary/aromatic N) is 1. The lowest BCUT2D eigenvalue weighted by Gasteiger charge is -2.17. The highest BCUT2D eigenvalue weighted by Gasteiger charge is 2.26. The van der Waals surface area contributed by atoms with Gasteiger partial charge < -0.3 is 24.6 Å². The summed E-state index contributed by atoms with van der Waals surface area (Å²) in [4.78, 5) is 12.2. The Hall–Kier alpha value is -3.27. The number of rotatable bonds is 3. The van der Waals surface area contributed by atoms with Gasteiger partial charge in [-0.2, -0.15) is 8.42 Å². The highest BCUT2D eigenvalue weighted by atomic mass is 32.2. The molecule has 2 aromatic rings. The predicted molar refractivity (Wildman–Crippen MR) is 89.2 cm³/mol. The van der Waals surface area contributed by atoms with Crippen LogP contribution in [0, 0.1) is 0 Å². The maximum Gasteiger partial charge on any atom is 0.342 e. The zero-order chi connectivity index (χ0) is 18.3. The number of para-hydroxylation sites is 1. The molecule has 134 valence electrons. The van der Waals surface area contributed by atoms with Gasteiger partial charge in [0.15, 0.2) is 23.9 Å². The fourth-order valence-corrected chi connectivity index (χ4v) is 3.67. The summed E-state index contributed by atoms with van der Waals surface area (Å²) in [5.41, 5.74) is 0.216. The number of aromatic hydroxyl groups is 1. The Morgan fingerprint density at radius 3 is 2.77 bits per heavy atom. The molecule has 10 heteroatoms. The van der Waals surface area contributed by atoms with Crippen molar-refractivity contribution in [1.29, 1.82) is 0 Å². The van der Waals surface area contributed by atoms with Crippen LogP contribution in [0.5, 0.6) is 17.2 Å². The van der Waals surface area contributed by atoms with E-state index < -0.39 is 22.6 Å². The Bertz CT molecular complexity index is 1050. The number of hydrogen-bond acceptors (Lipinski definition) is 8. The van der Waals surface area contributed by atoms with Crippen LogP contribution in [-0.2, 0) is 14.8 Å². The number of nitrogens with one attached hydrogen (secondary N) is 1. The first kappa shape index (κ1) is 16.2. The van der Waals surface area contributed by atoms with Gasteiger partial charge in [0.05, 0.1) is 5.69 Å². The number of fused-ring (bicyclic) bond motifs is 2. The van der Waals surface area contributed by atoms with Gasteiger partial charge in [0.25, 0.3) is 10.0 Å². The summed E-state index contributed by atoms with van der Waals surface area (Å²) in [5.74, 6) is -0.617. The van der Waals surface area contributed by atoms with Crippen molar-refractivity contribution in [2.45, 2.75) is 4.90 Å². The Labute approximate surface area is 147 Å². The molecule has 0 aromatic heterocycles. The number of ether oxygens (including phenoxy) is 3. The van der Waals surface area contributed by atoms with E-state index in [-0.39, 0.29) is 28.8 Å². The van der Waals surface area contributed by atoms with Crippen LogP contribution < -0.4 is 14.8 Å². The average Bonchev–Trinajstić information content (AvgIpc) is 3.05. The van der Waals surface area contributed by atoms with Crippen LogP contribution in [0.4, 0.5) is 5.69 Å². The van der Waals surface area contributed by atoms with Gasteiger partial charge in [0.1, 0.15) is 16.2 Å². The number of benzene rings is 2. The van der Waals surface area contributed by atoms with Gasteiger partial charge in [-0.3, -0.25) is 0 Å². The Kier molecular flexibility index (Phi) is 3.69. The molecule has 2 aliphatic heterocycles. The minimum absolute atomic E-state index is 0.00866. The fourth-order valence-electron chi connectivity index (χ4n) is 2.54. The van der Waals surface area contributed by atoms with E-state index in [2.05, 4.69) is 9.71 Å². The van der Waals surface area contributed by atoms with Crippen molar-refractivity contribution in [1.82, 2.24) is 0 Å². The van der Waals surface area contributed by atoms with Crippen molar-refractivity contribution in [3.05, 3.63) is 42.0 Å². The van der Waals surface area contributed by atoms with Crippen LogP contribution >= 0.6 is 0 Å². The highest BCUT2D eigenvalue weighted by molar-refractivity contribution is 7.90. The predicted octanol–water partition coefficient (Wildman–Crippen LogP) is 1.49. The van der Waals surface area contributed by atoms with Crippen molar-refractivity contribution in [3.63, 3.8) is 0 Å². The highest BCUT2D eigenvalue weighted by Crippen LogP contribution is 2.37. The summed E-state index contributed by atoms with van der Waals surface area (Å²) in [6.45, 7) is -0.425. The molecular formula is C16H12N2O7S. The minimum atomic E-state index is -3.87. The fraction of sp³-hybridized carbons (Fsp3) is 0.125. The third-order valence-electron chi connectivity index (χ3n) is 3.73. The molecule has 2 N–H and O–H groups in total. The molecule has 0 aliphatic carbocycles. The van der Waals surface area contributed by atoms with E-state index in [1.807, 2.05) is 0 Å². The maximum absolute atomic E-state index is 12.2. The van der Waals surface area contributed by atoms with Crippen LogP contribution in [0.2, 0.25) is 0 Å². The SMILES string of the molecule is O=C(OCC1=NS(=O)(=O)c2ccccc2N1)c1cc2c(cc1O)OCO2. The summed E-state index contributed by atoms with van der Waals surface area (Å²) in [6, 6.07) is 8.79. The van der Waals surface area contributed by atoms with Gasteiger partial charge in [-0.25, -0.2) is 4.79 Å². The third-order valence-corrected chi connectivity index (χ3v) is 5.10. The molecule has 0 spiro atoms. The van der Waals surface area contributed by atoms with E-state index in [0.29, 0.717) is 17.2 Å². The molecule has 26 heavy (non-hydrogen) atoms.